The van der Waals surface area contributed by atoms with Gasteiger partial charge in [0.25, 0.3) is 0 Å². The highest BCUT2D eigenvalue weighted by molar-refractivity contribution is 7.09. The van der Waals surface area contributed by atoms with Crippen LogP contribution in [0.25, 0.3) is 0 Å². The summed E-state index contributed by atoms with van der Waals surface area (Å²) in [5, 5.41) is 9.96. The Bertz CT molecular complexity index is 682. The van der Waals surface area contributed by atoms with Crippen molar-refractivity contribution >= 4 is 23.2 Å². The van der Waals surface area contributed by atoms with E-state index in [2.05, 4.69) is 15.2 Å². The number of alkyl halides is 3. The lowest BCUT2D eigenvalue weighted by Crippen LogP contribution is -2.56. The first kappa shape index (κ1) is 21.6. The normalized spacial score (nSPS) is 25.3. The Morgan fingerprint density at radius 3 is 2.70 bits per heavy atom. The number of nitrogens with zero attached hydrogens (tertiary/aromatic N) is 2. The van der Waals surface area contributed by atoms with Crippen molar-refractivity contribution in [1.29, 1.82) is 0 Å². The van der Waals surface area contributed by atoms with Gasteiger partial charge in [0.2, 0.25) is 5.91 Å². The lowest BCUT2D eigenvalue weighted by Gasteiger charge is -2.42. The van der Waals surface area contributed by atoms with Crippen molar-refractivity contribution in [2.75, 3.05) is 26.7 Å². The molecule has 27 heavy (non-hydrogen) atoms. The Hall–Kier alpha value is -1.72. The molecular weight excluding hydrogens is 387 g/mol. The summed E-state index contributed by atoms with van der Waals surface area (Å²) >= 11 is 1.70. The van der Waals surface area contributed by atoms with Crippen LogP contribution >= 0.6 is 11.3 Å². The third kappa shape index (κ3) is 4.96. The number of aromatic nitrogens is 1. The van der Waals surface area contributed by atoms with Gasteiger partial charge in [0.15, 0.2) is 0 Å². The van der Waals surface area contributed by atoms with E-state index < -0.39 is 12.1 Å². The monoisotopic (exact) mass is 409 g/mol. The molecule has 11 heteroatoms. The van der Waals surface area contributed by atoms with Crippen LogP contribution < -0.4 is 5.32 Å². The zero-order valence-electron chi connectivity index (χ0n) is 15.0. The lowest BCUT2D eigenvalue weighted by atomic mass is 9.75. The number of rotatable bonds is 3. The van der Waals surface area contributed by atoms with Crippen LogP contribution in [0.2, 0.25) is 0 Å². The second-order valence-corrected chi connectivity index (χ2v) is 7.45. The summed E-state index contributed by atoms with van der Waals surface area (Å²) in [7, 11) is 1.72. The van der Waals surface area contributed by atoms with Gasteiger partial charge in [-0.05, 0) is 19.8 Å². The predicted octanol–water partition coefficient (Wildman–Crippen LogP) is 1.81. The van der Waals surface area contributed by atoms with Gasteiger partial charge in [0, 0.05) is 38.2 Å². The van der Waals surface area contributed by atoms with E-state index in [1.54, 1.807) is 18.4 Å². The highest BCUT2D eigenvalue weighted by Gasteiger charge is 2.52. The van der Waals surface area contributed by atoms with Crippen molar-refractivity contribution < 1.29 is 32.6 Å². The molecule has 2 aliphatic rings. The van der Waals surface area contributed by atoms with Gasteiger partial charge < -0.3 is 15.2 Å². The second kappa shape index (κ2) is 8.53. The summed E-state index contributed by atoms with van der Waals surface area (Å²) in [5.41, 5.74) is 2.64. The Balaban J connectivity index is 0.000000321. The summed E-state index contributed by atoms with van der Waals surface area (Å²) in [4.78, 5) is 29.2. The first-order valence-electron chi connectivity index (χ1n) is 8.35. The molecule has 0 spiro atoms. The number of halogens is 3. The van der Waals surface area contributed by atoms with Gasteiger partial charge in [0.1, 0.15) is 0 Å². The minimum atomic E-state index is -5.08. The van der Waals surface area contributed by atoms with Crippen LogP contribution in [0.15, 0.2) is 5.51 Å². The van der Waals surface area contributed by atoms with Gasteiger partial charge in [-0.15, -0.1) is 11.3 Å². The average Bonchev–Trinajstić information content (AvgIpc) is 3.20. The number of carboxylic acids is 1. The number of aliphatic carboxylic acids is 1. The maximum atomic E-state index is 12.4. The van der Waals surface area contributed by atoms with E-state index in [1.165, 1.54) is 4.88 Å². The fraction of sp³-hybridized carbons (Fsp3) is 0.688. The first-order valence-corrected chi connectivity index (χ1v) is 9.23. The van der Waals surface area contributed by atoms with E-state index in [9.17, 15) is 18.0 Å². The van der Waals surface area contributed by atoms with Crippen molar-refractivity contribution in [2.24, 2.45) is 5.41 Å². The molecule has 0 saturated carbocycles. The van der Waals surface area contributed by atoms with E-state index in [4.69, 9.17) is 14.6 Å². The Kier molecular flexibility index (Phi) is 6.82. The molecule has 0 aliphatic carbocycles. The molecule has 152 valence electrons. The summed E-state index contributed by atoms with van der Waals surface area (Å²) in [6.07, 6.45) is -3.23. The molecular formula is C16H22F3N3O4S. The third-order valence-corrected chi connectivity index (χ3v) is 5.75. The summed E-state index contributed by atoms with van der Waals surface area (Å²) < 4.78 is 37.5. The quantitative estimate of drug-likeness (QED) is 0.791. The van der Waals surface area contributed by atoms with Crippen molar-refractivity contribution in [3.05, 3.63) is 16.1 Å². The van der Waals surface area contributed by atoms with Gasteiger partial charge in [-0.2, -0.15) is 13.2 Å². The third-order valence-electron chi connectivity index (χ3n) is 4.83. The van der Waals surface area contributed by atoms with Gasteiger partial charge >= 0.3 is 12.1 Å². The van der Waals surface area contributed by atoms with Crippen LogP contribution in [-0.2, 0) is 20.9 Å². The van der Waals surface area contributed by atoms with Gasteiger partial charge in [-0.3, -0.25) is 9.69 Å². The number of aryl methyl sites for hydroxylation is 1. The van der Waals surface area contributed by atoms with E-state index in [1.807, 2.05) is 12.4 Å². The minimum Gasteiger partial charge on any atom is -0.475 e. The van der Waals surface area contributed by atoms with E-state index in [0.29, 0.717) is 6.61 Å². The minimum absolute atomic E-state index is 0.0845. The molecule has 0 unspecified atom stereocenters. The van der Waals surface area contributed by atoms with Crippen LogP contribution in [0.1, 0.15) is 23.4 Å². The molecule has 1 aromatic rings. The van der Waals surface area contributed by atoms with Gasteiger partial charge in [0.05, 0.1) is 22.7 Å². The van der Waals surface area contributed by atoms with Crippen LogP contribution in [0.4, 0.5) is 13.2 Å². The highest BCUT2D eigenvalue weighted by Crippen LogP contribution is 2.41. The van der Waals surface area contributed by atoms with Crippen LogP contribution in [-0.4, -0.2) is 65.9 Å². The number of nitrogens with one attached hydrogen (secondary N) is 1. The standard InChI is InChI=1S/C14H21N3O2S.C2HF3O2/c1-10-11(20-9-16-10)7-17-5-3-12-14(8-17,4-6-19-12)13(18)15-2;3-2(4,5)1(6)7/h9,12H,3-8H2,1-2H3,(H,15,18);(H,6,7)/t12-,14-;/m1./s1. The number of likely N-dealkylation sites (tertiary alicyclic amines) is 1. The number of carbonyl (C=O) groups is 2. The van der Waals surface area contributed by atoms with E-state index in [0.717, 1.165) is 38.2 Å². The molecule has 2 saturated heterocycles. The van der Waals surface area contributed by atoms with E-state index >= 15 is 0 Å². The maximum Gasteiger partial charge on any atom is 0.490 e. The Labute approximate surface area is 158 Å². The number of amides is 1. The number of hydrogen-bond donors (Lipinski definition) is 2. The zero-order chi connectivity index (χ0) is 20.2. The fourth-order valence-electron chi connectivity index (χ4n) is 3.42. The smallest absolute Gasteiger partial charge is 0.475 e. The molecule has 3 heterocycles. The van der Waals surface area contributed by atoms with Crippen molar-refractivity contribution in [3.63, 3.8) is 0 Å². The topological polar surface area (TPSA) is 91.8 Å². The molecule has 2 fully saturated rings. The average molecular weight is 409 g/mol. The Morgan fingerprint density at radius 2 is 2.19 bits per heavy atom. The molecule has 0 aromatic carbocycles. The molecule has 2 atom stereocenters. The number of ether oxygens (including phenoxy) is 1. The molecule has 7 nitrogen and oxygen atoms in total. The van der Waals surface area contributed by atoms with Crippen molar-refractivity contribution in [3.8, 4) is 0 Å². The molecule has 2 N–H and O–H groups in total. The number of piperidine rings is 1. The number of fused-ring (bicyclic) bond motifs is 1. The Morgan fingerprint density at radius 1 is 1.52 bits per heavy atom. The van der Waals surface area contributed by atoms with Gasteiger partial charge in [-0.25, -0.2) is 9.78 Å². The zero-order valence-corrected chi connectivity index (χ0v) is 15.8. The molecule has 3 rings (SSSR count). The van der Waals surface area contributed by atoms with Crippen LogP contribution in [0, 0.1) is 12.3 Å². The molecule has 1 aromatic heterocycles. The van der Waals surface area contributed by atoms with E-state index in [-0.39, 0.29) is 17.4 Å². The maximum absolute atomic E-state index is 12.4. The predicted molar refractivity (Wildman–Crippen MR) is 91.3 cm³/mol. The summed E-state index contributed by atoms with van der Waals surface area (Å²) in [5.74, 6) is -2.63. The molecule has 0 radical (unpaired) electrons. The highest BCUT2D eigenvalue weighted by atomic mass is 32.1. The summed E-state index contributed by atoms with van der Waals surface area (Å²) in [6, 6.07) is 0. The van der Waals surface area contributed by atoms with Gasteiger partial charge in [-0.1, -0.05) is 0 Å². The van der Waals surface area contributed by atoms with Crippen LogP contribution in [0.3, 0.4) is 0 Å². The number of carbonyl (C=O) groups excluding carboxylic acids is 1. The SMILES string of the molecule is CNC(=O)[C@@]12CCO[C@@H]1CCN(Cc1scnc1C)C2.O=C(O)C(F)(F)F. The number of carboxylic acid groups (broad SMARTS) is 1. The molecule has 1 amide bonds. The summed E-state index contributed by atoms with van der Waals surface area (Å²) in [6.45, 7) is 5.41. The number of thiazole rings is 1. The molecule has 0 bridgehead atoms. The van der Waals surface area contributed by atoms with Crippen molar-refractivity contribution in [2.45, 2.75) is 38.6 Å². The molecule has 2 aliphatic heterocycles. The number of hydrogen-bond acceptors (Lipinski definition) is 6. The lowest BCUT2D eigenvalue weighted by molar-refractivity contribution is -0.192. The largest absolute Gasteiger partial charge is 0.490 e. The first-order chi connectivity index (χ1) is 12.6. The fourth-order valence-corrected chi connectivity index (χ4v) is 4.24. The van der Waals surface area contributed by atoms with Crippen LogP contribution in [0.5, 0.6) is 0 Å². The second-order valence-electron chi connectivity index (χ2n) is 6.51. The van der Waals surface area contributed by atoms with Crippen molar-refractivity contribution in [1.82, 2.24) is 15.2 Å².